The summed E-state index contributed by atoms with van der Waals surface area (Å²) in [5.41, 5.74) is 8.55. The molecule has 4 heteroatoms. The van der Waals surface area contributed by atoms with Gasteiger partial charge < -0.3 is 15.5 Å². The molecule has 2 N–H and O–H groups in total. The second-order valence-electron chi connectivity index (χ2n) is 5.82. The fraction of sp³-hybridized carbons (Fsp3) is 0.600. The molecule has 1 aromatic carbocycles. The Balaban J connectivity index is 2.33. The number of nitrogens with two attached hydrogens (primary N) is 1. The molecule has 0 amide bonds. The van der Waals surface area contributed by atoms with Crippen molar-refractivity contribution < 1.29 is 0 Å². The van der Waals surface area contributed by atoms with Crippen LogP contribution in [0.4, 0.5) is 5.69 Å². The maximum atomic E-state index is 6.00. The Kier molecular flexibility index (Phi) is 4.87. The Morgan fingerprint density at radius 1 is 1.32 bits per heavy atom. The maximum Gasteiger partial charge on any atom is 0.0539 e. The molecular weight excluding hydrogens is 302 g/mol. The van der Waals surface area contributed by atoms with Crippen LogP contribution in [0.5, 0.6) is 0 Å². The molecule has 2 rings (SSSR count). The molecule has 1 heterocycles. The number of rotatable bonds is 2. The summed E-state index contributed by atoms with van der Waals surface area (Å²) in [6, 6.07) is 6.95. The highest BCUT2D eigenvalue weighted by Gasteiger charge is 2.26. The first-order valence-corrected chi connectivity index (χ1v) is 7.72. The van der Waals surface area contributed by atoms with Crippen LogP contribution in [0.25, 0.3) is 0 Å². The fourth-order valence-electron chi connectivity index (χ4n) is 2.95. The SMILES string of the molecule is Cc1ccc(N2CC(C)CN(C)CC2CN)c(Br)c1. The van der Waals surface area contributed by atoms with Gasteiger partial charge in [0.2, 0.25) is 0 Å². The second kappa shape index (κ2) is 6.25. The Morgan fingerprint density at radius 3 is 2.68 bits per heavy atom. The van der Waals surface area contributed by atoms with Crippen LogP contribution in [-0.2, 0) is 0 Å². The van der Waals surface area contributed by atoms with Gasteiger partial charge in [0.1, 0.15) is 0 Å². The highest BCUT2D eigenvalue weighted by Crippen LogP contribution is 2.30. The Bertz CT molecular complexity index is 435. The third-order valence-electron chi connectivity index (χ3n) is 3.78. The topological polar surface area (TPSA) is 32.5 Å². The van der Waals surface area contributed by atoms with Crippen molar-refractivity contribution in [2.24, 2.45) is 11.7 Å². The van der Waals surface area contributed by atoms with Crippen molar-refractivity contribution in [3.05, 3.63) is 28.2 Å². The van der Waals surface area contributed by atoms with Gasteiger partial charge in [-0.25, -0.2) is 0 Å². The maximum absolute atomic E-state index is 6.00. The van der Waals surface area contributed by atoms with Gasteiger partial charge in [-0.05, 0) is 53.5 Å². The number of anilines is 1. The largest absolute Gasteiger partial charge is 0.365 e. The van der Waals surface area contributed by atoms with Crippen LogP contribution >= 0.6 is 15.9 Å². The van der Waals surface area contributed by atoms with Crippen molar-refractivity contribution in [1.82, 2.24) is 4.90 Å². The van der Waals surface area contributed by atoms with E-state index in [0.29, 0.717) is 18.5 Å². The minimum absolute atomic E-state index is 0.383. The van der Waals surface area contributed by atoms with Gasteiger partial charge in [0.25, 0.3) is 0 Å². The molecule has 0 aromatic heterocycles. The van der Waals surface area contributed by atoms with Crippen molar-refractivity contribution in [2.45, 2.75) is 19.9 Å². The molecule has 1 fully saturated rings. The second-order valence-corrected chi connectivity index (χ2v) is 6.68. The van der Waals surface area contributed by atoms with E-state index in [1.807, 2.05) is 0 Å². The van der Waals surface area contributed by atoms with Gasteiger partial charge in [0.15, 0.2) is 0 Å². The summed E-state index contributed by atoms with van der Waals surface area (Å²) in [4.78, 5) is 4.86. The Morgan fingerprint density at radius 2 is 2.05 bits per heavy atom. The molecule has 0 spiro atoms. The standard InChI is InChI=1S/C15H24BrN3/c1-11-4-5-15(14(16)6-11)19-9-12(2)8-18(3)10-13(19)7-17/h4-6,12-13H,7-10,17H2,1-3H3. The average Bonchev–Trinajstić information content (AvgIpc) is 2.47. The third kappa shape index (κ3) is 3.50. The quantitative estimate of drug-likeness (QED) is 0.906. The fourth-order valence-corrected chi connectivity index (χ4v) is 3.67. The van der Waals surface area contributed by atoms with E-state index in [4.69, 9.17) is 5.73 Å². The molecule has 1 aliphatic heterocycles. The number of hydrogen-bond acceptors (Lipinski definition) is 3. The normalized spacial score (nSPS) is 25.4. The smallest absolute Gasteiger partial charge is 0.0539 e. The van der Waals surface area contributed by atoms with Crippen molar-refractivity contribution in [2.75, 3.05) is 38.1 Å². The molecule has 2 unspecified atom stereocenters. The molecule has 1 saturated heterocycles. The monoisotopic (exact) mass is 325 g/mol. The van der Waals surface area contributed by atoms with Crippen molar-refractivity contribution in [3.63, 3.8) is 0 Å². The van der Waals surface area contributed by atoms with Crippen LogP contribution in [-0.4, -0.2) is 44.2 Å². The first-order valence-electron chi connectivity index (χ1n) is 6.92. The first-order chi connectivity index (χ1) is 9.01. The van der Waals surface area contributed by atoms with Crippen molar-refractivity contribution in [3.8, 4) is 0 Å². The van der Waals surface area contributed by atoms with E-state index < -0.39 is 0 Å². The summed E-state index contributed by atoms with van der Waals surface area (Å²) in [6.07, 6.45) is 0. The lowest BCUT2D eigenvalue weighted by Crippen LogP contribution is -2.45. The lowest BCUT2D eigenvalue weighted by Gasteiger charge is -2.33. The molecule has 0 bridgehead atoms. The minimum Gasteiger partial charge on any atom is -0.365 e. The van der Waals surface area contributed by atoms with E-state index in [2.05, 4.69) is 64.8 Å². The third-order valence-corrected chi connectivity index (χ3v) is 4.41. The van der Waals surface area contributed by atoms with Crippen LogP contribution in [0.1, 0.15) is 12.5 Å². The van der Waals surface area contributed by atoms with Gasteiger partial charge in [0.05, 0.1) is 11.7 Å². The number of benzene rings is 1. The van der Waals surface area contributed by atoms with Crippen molar-refractivity contribution >= 4 is 21.6 Å². The van der Waals surface area contributed by atoms with E-state index in [1.54, 1.807) is 0 Å². The first kappa shape index (κ1) is 14.8. The summed E-state index contributed by atoms with van der Waals surface area (Å²) in [7, 11) is 2.19. The van der Waals surface area contributed by atoms with Crippen molar-refractivity contribution in [1.29, 1.82) is 0 Å². The number of halogens is 1. The zero-order chi connectivity index (χ0) is 14.0. The summed E-state index contributed by atoms with van der Waals surface area (Å²) in [6.45, 7) is 8.35. The van der Waals surface area contributed by atoms with Crippen LogP contribution < -0.4 is 10.6 Å². The number of aryl methyl sites for hydroxylation is 1. The lowest BCUT2D eigenvalue weighted by atomic mass is 10.1. The average molecular weight is 326 g/mol. The highest BCUT2D eigenvalue weighted by atomic mass is 79.9. The highest BCUT2D eigenvalue weighted by molar-refractivity contribution is 9.10. The van der Waals surface area contributed by atoms with Crippen LogP contribution in [0.2, 0.25) is 0 Å². The molecule has 0 radical (unpaired) electrons. The summed E-state index contributed by atoms with van der Waals surface area (Å²) >= 11 is 3.70. The van der Waals surface area contributed by atoms with Crippen LogP contribution in [0.3, 0.4) is 0 Å². The van der Waals surface area contributed by atoms with E-state index in [9.17, 15) is 0 Å². The van der Waals surface area contributed by atoms with Gasteiger partial charge in [-0.2, -0.15) is 0 Å². The molecular formula is C15H24BrN3. The Hall–Kier alpha value is -0.580. The molecule has 2 atom stereocenters. The summed E-state index contributed by atoms with van der Waals surface area (Å²) < 4.78 is 1.17. The number of likely N-dealkylation sites (N-methyl/N-ethyl adjacent to an activating group) is 1. The molecule has 1 aromatic rings. The van der Waals surface area contributed by atoms with Gasteiger partial charge in [-0.15, -0.1) is 0 Å². The predicted octanol–water partition coefficient (Wildman–Crippen LogP) is 2.47. The molecule has 0 aliphatic carbocycles. The van der Waals surface area contributed by atoms with Crippen LogP contribution in [0, 0.1) is 12.8 Å². The summed E-state index contributed by atoms with van der Waals surface area (Å²) in [5.74, 6) is 0.648. The lowest BCUT2D eigenvalue weighted by molar-refractivity contribution is 0.304. The van der Waals surface area contributed by atoms with E-state index in [0.717, 1.165) is 19.6 Å². The minimum atomic E-state index is 0.383. The van der Waals surface area contributed by atoms with Gasteiger partial charge in [0, 0.05) is 30.7 Å². The molecule has 106 valence electrons. The van der Waals surface area contributed by atoms with Gasteiger partial charge in [-0.3, -0.25) is 0 Å². The van der Waals surface area contributed by atoms with E-state index in [-0.39, 0.29) is 0 Å². The summed E-state index contributed by atoms with van der Waals surface area (Å²) in [5, 5.41) is 0. The molecule has 3 nitrogen and oxygen atoms in total. The van der Waals surface area contributed by atoms with Gasteiger partial charge >= 0.3 is 0 Å². The van der Waals surface area contributed by atoms with E-state index >= 15 is 0 Å². The zero-order valence-electron chi connectivity index (χ0n) is 12.1. The van der Waals surface area contributed by atoms with E-state index in [1.165, 1.54) is 15.7 Å². The molecule has 19 heavy (non-hydrogen) atoms. The van der Waals surface area contributed by atoms with Crippen LogP contribution in [0.15, 0.2) is 22.7 Å². The number of nitrogens with zero attached hydrogens (tertiary/aromatic N) is 2. The predicted molar refractivity (Wildman–Crippen MR) is 85.7 cm³/mol. The molecule has 1 aliphatic rings. The zero-order valence-corrected chi connectivity index (χ0v) is 13.7. The number of hydrogen-bond donors (Lipinski definition) is 1. The van der Waals surface area contributed by atoms with Gasteiger partial charge in [-0.1, -0.05) is 13.0 Å². The molecule has 0 saturated carbocycles. The Labute approximate surface area is 124 Å².